The van der Waals surface area contributed by atoms with Gasteiger partial charge in [-0.2, -0.15) is 0 Å². The van der Waals surface area contributed by atoms with Crippen LogP contribution in [0.4, 0.5) is 0 Å². The average Bonchev–Trinajstić information content (AvgIpc) is 2.34. The summed E-state index contributed by atoms with van der Waals surface area (Å²) < 4.78 is 0. The smallest absolute Gasteiger partial charge is 0.872 e. The molecule has 3 heteroatoms. The summed E-state index contributed by atoms with van der Waals surface area (Å²) in [5.74, 6) is 0.269. The van der Waals surface area contributed by atoms with E-state index in [-0.39, 0.29) is 34.6 Å². The van der Waals surface area contributed by atoms with Crippen LogP contribution in [0.25, 0.3) is 0 Å². The van der Waals surface area contributed by atoms with E-state index in [4.69, 9.17) is 0 Å². The average molecular weight is 267 g/mol. The Bertz CT molecular complexity index is 446. The van der Waals surface area contributed by atoms with E-state index >= 15 is 0 Å². The maximum Gasteiger partial charge on any atom is 2.00 e. The van der Waals surface area contributed by atoms with Crippen molar-refractivity contribution in [3.8, 4) is 11.5 Å². The summed E-state index contributed by atoms with van der Waals surface area (Å²) in [5.41, 5.74) is 3.86. The van der Waals surface area contributed by atoms with Gasteiger partial charge in [-0.05, 0) is 38.8 Å². The molecule has 0 radical (unpaired) electrons. The Labute approximate surface area is 131 Å². The standard InChI is InChI=1S/2C8H10O.Mg/c2*1-6-4-3-5-8(9)7(6)2;/h2*3-5,9H,1-2H3;/q;;+2/p-2. The molecular formula is C16H18MgO2. The zero-order chi connectivity index (χ0) is 13.7. The third-order valence-electron chi connectivity index (χ3n) is 3.11. The summed E-state index contributed by atoms with van der Waals surface area (Å²) in [5, 5.41) is 21.7. The molecule has 0 aliphatic heterocycles. The predicted octanol–water partition coefficient (Wildman–Crippen LogP) is 2.37. The van der Waals surface area contributed by atoms with Crippen LogP contribution in [0.3, 0.4) is 0 Å². The molecule has 0 aliphatic rings. The third kappa shape index (κ3) is 5.13. The molecule has 0 saturated carbocycles. The second-order valence-corrected chi connectivity index (χ2v) is 4.40. The number of rotatable bonds is 0. The third-order valence-corrected chi connectivity index (χ3v) is 3.11. The van der Waals surface area contributed by atoms with Gasteiger partial charge in [0.05, 0.1) is 0 Å². The molecule has 19 heavy (non-hydrogen) atoms. The zero-order valence-corrected chi connectivity index (χ0v) is 13.4. The van der Waals surface area contributed by atoms with Crippen LogP contribution < -0.4 is 10.2 Å². The van der Waals surface area contributed by atoms with Crippen molar-refractivity contribution in [1.82, 2.24) is 0 Å². The van der Waals surface area contributed by atoms with Crippen LogP contribution in [0.2, 0.25) is 0 Å². The minimum atomic E-state index is 0. The number of hydrogen-bond donors (Lipinski definition) is 0. The molecule has 0 atom stereocenters. The van der Waals surface area contributed by atoms with Crippen molar-refractivity contribution < 1.29 is 10.2 Å². The van der Waals surface area contributed by atoms with Gasteiger partial charge in [-0.1, -0.05) is 47.5 Å². The molecule has 96 valence electrons. The van der Waals surface area contributed by atoms with Crippen LogP contribution in [0.5, 0.6) is 11.5 Å². The summed E-state index contributed by atoms with van der Waals surface area (Å²) in [4.78, 5) is 0. The number of aryl methyl sites for hydroxylation is 2. The van der Waals surface area contributed by atoms with E-state index in [9.17, 15) is 10.2 Å². The molecule has 0 N–H and O–H groups in total. The molecule has 0 amide bonds. The second kappa shape index (κ2) is 8.07. The first-order chi connectivity index (χ1) is 8.43. The Morgan fingerprint density at radius 2 is 0.947 bits per heavy atom. The Morgan fingerprint density at radius 3 is 1.16 bits per heavy atom. The molecule has 0 bridgehead atoms. The van der Waals surface area contributed by atoms with Crippen LogP contribution in [-0.2, 0) is 0 Å². The van der Waals surface area contributed by atoms with Gasteiger partial charge >= 0.3 is 23.1 Å². The van der Waals surface area contributed by atoms with Gasteiger partial charge in [-0.3, -0.25) is 0 Å². The maximum atomic E-state index is 10.8. The van der Waals surface area contributed by atoms with Crippen LogP contribution in [0.15, 0.2) is 36.4 Å². The van der Waals surface area contributed by atoms with Crippen molar-refractivity contribution >= 4 is 23.1 Å². The molecule has 0 aromatic heterocycles. The molecule has 2 aromatic carbocycles. The van der Waals surface area contributed by atoms with E-state index in [0.717, 1.165) is 22.3 Å². The first-order valence-electron chi connectivity index (χ1n) is 5.90. The van der Waals surface area contributed by atoms with Crippen molar-refractivity contribution in [2.75, 3.05) is 0 Å². The monoisotopic (exact) mass is 266 g/mol. The normalized spacial score (nSPS) is 9.05. The van der Waals surface area contributed by atoms with Crippen molar-refractivity contribution in [1.29, 1.82) is 0 Å². The summed E-state index contributed by atoms with van der Waals surface area (Å²) in [7, 11) is 0. The molecule has 0 unspecified atom stereocenters. The molecule has 0 fully saturated rings. The zero-order valence-electron chi connectivity index (χ0n) is 12.0. The van der Waals surface area contributed by atoms with E-state index in [1.165, 1.54) is 0 Å². The largest absolute Gasteiger partial charge is 2.00 e. The van der Waals surface area contributed by atoms with E-state index in [0.29, 0.717) is 0 Å². The Hall–Kier alpha value is -1.19. The molecule has 2 nitrogen and oxygen atoms in total. The van der Waals surface area contributed by atoms with Crippen LogP contribution in [-0.4, -0.2) is 23.1 Å². The van der Waals surface area contributed by atoms with Gasteiger partial charge in [0.1, 0.15) is 0 Å². The fourth-order valence-electron chi connectivity index (χ4n) is 1.45. The van der Waals surface area contributed by atoms with Gasteiger partial charge in [0.15, 0.2) is 0 Å². The first kappa shape index (κ1) is 17.8. The molecule has 0 saturated heterocycles. The minimum absolute atomic E-state index is 0. The van der Waals surface area contributed by atoms with Gasteiger partial charge in [-0.15, -0.1) is 11.5 Å². The van der Waals surface area contributed by atoms with Gasteiger partial charge in [0.2, 0.25) is 0 Å². The predicted molar refractivity (Wildman–Crippen MR) is 76.5 cm³/mol. The van der Waals surface area contributed by atoms with Crippen LogP contribution >= 0.6 is 0 Å². The topological polar surface area (TPSA) is 46.1 Å². The first-order valence-corrected chi connectivity index (χ1v) is 5.90. The fourth-order valence-corrected chi connectivity index (χ4v) is 1.45. The summed E-state index contributed by atoms with van der Waals surface area (Å²) >= 11 is 0. The van der Waals surface area contributed by atoms with E-state index < -0.39 is 0 Å². The SMILES string of the molecule is Cc1cccc([O-])c1C.Cc1cccc([O-])c1C.[Mg+2]. The van der Waals surface area contributed by atoms with Crippen molar-refractivity contribution in [3.05, 3.63) is 58.7 Å². The summed E-state index contributed by atoms with van der Waals surface area (Å²) in [6, 6.07) is 10.6. The van der Waals surface area contributed by atoms with Gasteiger partial charge in [0.25, 0.3) is 0 Å². The van der Waals surface area contributed by atoms with Gasteiger partial charge in [-0.25, -0.2) is 0 Å². The van der Waals surface area contributed by atoms with E-state index in [1.54, 1.807) is 24.3 Å². The summed E-state index contributed by atoms with van der Waals surface area (Å²) in [6.45, 7) is 7.57. The maximum absolute atomic E-state index is 10.8. The summed E-state index contributed by atoms with van der Waals surface area (Å²) in [6.07, 6.45) is 0. The molecule has 0 spiro atoms. The van der Waals surface area contributed by atoms with E-state index in [2.05, 4.69) is 0 Å². The van der Waals surface area contributed by atoms with Crippen LogP contribution in [0, 0.1) is 27.7 Å². The number of hydrogen-bond acceptors (Lipinski definition) is 2. The second-order valence-electron chi connectivity index (χ2n) is 4.40. The minimum Gasteiger partial charge on any atom is -0.872 e. The van der Waals surface area contributed by atoms with E-state index in [1.807, 2.05) is 39.8 Å². The fraction of sp³-hybridized carbons (Fsp3) is 0.250. The van der Waals surface area contributed by atoms with Gasteiger partial charge < -0.3 is 10.2 Å². The molecule has 0 aliphatic carbocycles. The quantitative estimate of drug-likeness (QED) is 0.687. The Balaban J connectivity index is 0.000000324. The molecular weight excluding hydrogens is 248 g/mol. The molecule has 2 rings (SSSR count). The molecule has 0 heterocycles. The van der Waals surface area contributed by atoms with Crippen molar-refractivity contribution in [2.24, 2.45) is 0 Å². The van der Waals surface area contributed by atoms with Crippen molar-refractivity contribution in [2.45, 2.75) is 27.7 Å². The Kier molecular flexibility index (Phi) is 7.57. The van der Waals surface area contributed by atoms with Gasteiger partial charge in [0, 0.05) is 0 Å². The van der Waals surface area contributed by atoms with Crippen molar-refractivity contribution in [3.63, 3.8) is 0 Å². The Morgan fingerprint density at radius 1 is 0.632 bits per heavy atom. The van der Waals surface area contributed by atoms with Crippen LogP contribution in [0.1, 0.15) is 22.3 Å². The number of benzene rings is 2. The molecule has 2 aromatic rings.